The number of morpholine rings is 1. The van der Waals surface area contributed by atoms with Gasteiger partial charge in [0.05, 0.1) is 25.6 Å². The molecule has 1 aliphatic rings. The van der Waals surface area contributed by atoms with Crippen LogP contribution >= 0.6 is 11.6 Å². The molecule has 0 bridgehead atoms. The number of hydrogen-bond donors (Lipinski definition) is 0. The van der Waals surface area contributed by atoms with E-state index < -0.39 is 17.7 Å². The van der Waals surface area contributed by atoms with Gasteiger partial charge >= 0.3 is 6.01 Å². The van der Waals surface area contributed by atoms with Crippen LogP contribution in [0.4, 0.5) is 14.6 Å². The van der Waals surface area contributed by atoms with Crippen molar-refractivity contribution in [1.29, 1.82) is 0 Å². The first-order valence-corrected chi connectivity index (χ1v) is 7.62. The third-order valence-electron chi connectivity index (χ3n) is 3.37. The molecule has 1 atom stereocenters. The molecule has 0 amide bonds. The minimum absolute atomic E-state index is 0.0560. The second-order valence-corrected chi connectivity index (χ2v) is 5.41. The molecule has 1 aliphatic heterocycles. The second kappa shape index (κ2) is 7.18. The van der Waals surface area contributed by atoms with Crippen LogP contribution in [-0.4, -0.2) is 46.2 Å². The average molecular weight is 358 g/mol. The number of hydrogen-bond acceptors (Lipinski definition) is 7. The van der Waals surface area contributed by atoms with Gasteiger partial charge in [0.1, 0.15) is 0 Å². The molecule has 1 saturated heterocycles. The maximum absolute atomic E-state index is 14.2. The highest BCUT2D eigenvalue weighted by Gasteiger charge is 2.22. The number of ether oxygens (including phenoxy) is 2. The summed E-state index contributed by atoms with van der Waals surface area (Å²) >= 11 is 5.84. The number of anilines is 1. The fourth-order valence-electron chi connectivity index (χ4n) is 2.17. The molecule has 0 unspecified atom stereocenters. The van der Waals surface area contributed by atoms with Crippen molar-refractivity contribution >= 4 is 17.4 Å². The van der Waals surface area contributed by atoms with Crippen molar-refractivity contribution in [2.24, 2.45) is 0 Å². The molecule has 0 N–H and O–H groups in total. The number of aromatic nitrogens is 4. The molecule has 0 aromatic carbocycles. The molecule has 3 heterocycles. The molecule has 7 nitrogen and oxygen atoms in total. The maximum Gasteiger partial charge on any atom is 0.320 e. The number of nitrogens with zero attached hydrogens (tertiary/aromatic N) is 5. The van der Waals surface area contributed by atoms with Gasteiger partial charge in [0.2, 0.25) is 5.82 Å². The van der Waals surface area contributed by atoms with Crippen molar-refractivity contribution in [2.75, 3.05) is 31.2 Å². The van der Waals surface area contributed by atoms with E-state index in [9.17, 15) is 8.78 Å². The van der Waals surface area contributed by atoms with E-state index in [4.69, 9.17) is 21.1 Å². The Bertz CT molecular complexity index is 713. The first-order chi connectivity index (χ1) is 11.5. The molecule has 0 aliphatic carbocycles. The summed E-state index contributed by atoms with van der Waals surface area (Å²) in [5.41, 5.74) is 0. The highest BCUT2D eigenvalue weighted by Crippen LogP contribution is 2.27. The quantitative estimate of drug-likeness (QED) is 0.776. The van der Waals surface area contributed by atoms with E-state index in [1.807, 2.05) is 0 Å². The van der Waals surface area contributed by atoms with Crippen LogP contribution in [-0.2, 0) is 4.74 Å². The predicted octanol–water partition coefficient (Wildman–Crippen LogP) is 2.17. The lowest BCUT2D eigenvalue weighted by Crippen LogP contribution is -2.37. The van der Waals surface area contributed by atoms with Gasteiger partial charge in [-0.1, -0.05) is 11.6 Å². The second-order valence-electron chi connectivity index (χ2n) is 5.05. The van der Waals surface area contributed by atoms with Gasteiger partial charge < -0.3 is 14.4 Å². The zero-order valence-corrected chi connectivity index (χ0v) is 13.5. The van der Waals surface area contributed by atoms with Crippen molar-refractivity contribution in [3.05, 3.63) is 35.0 Å². The van der Waals surface area contributed by atoms with Gasteiger partial charge in [-0.3, -0.25) is 0 Å². The summed E-state index contributed by atoms with van der Waals surface area (Å²) in [7, 11) is 0. The van der Waals surface area contributed by atoms with E-state index in [1.165, 1.54) is 0 Å². The summed E-state index contributed by atoms with van der Waals surface area (Å²) in [5, 5.41) is -0.339. The fraction of sp³-hybridized carbons (Fsp3) is 0.429. The van der Waals surface area contributed by atoms with Crippen molar-refractivity contribution in [1.82, 2.24) is 19.9 Å². The van der Waals surface area contributed by atoms with Crippen LogP contribution in [0.2, 0.25) is 5.15 Å². The van der Waals surface area contributed by atoms with Crippen molar-refractivity contribution in [3.63, 3.8) is 0 Å². The van der Waals surface area contributed by atoms with Crippen LogP contribution < -0.4 is 9.64 Å². The lowest BCUT2D eigenvalue weighted by atomic mass is 10.3. The third-order valence-corrected chi connectivity index (χ3v) is 3.62. The van der Waals surface area contributed by atoms with Crippen LogP contribution in [0.3, 0.4) is 0 Å². The zero-order valence-electron chi connectivity index (χ0n) is 12.7. The lowest BCUT2D eigenvalue weighted by molar-refractivity contribution is 0.121. The third kappa shape index (κ3) is 3.68. The van der Waals surface area contributed by atoms with Crippen LogP contribution in [0.1, 0.15) is 18.9 Å². The Kier molecular flexibility index (Phi) is 5.00. The SMILES string of the molecule is C[C@H](Oc1nc(Cl)c(F)c(N2CCOCC2)n1)c1ncc(F)cn1. The van der Waals surface area contributed by atoms with E-state index in [0.29, 0.717) is 26.3 Å². The van der Waals surface area contributed by atoms with E-state index >= 15 is 0 Å². The van der Waals surface area contributed by atoms with Crippen LogP contribution in [0.25, 0.3) is 0 Å². The minimum Gasteiger partial charge on any atom is -0.452 e. The smallest absolute Gasteiger partial charge is 0.320 e. The van der Waals surface area contributed by atoms with Gasteiger partial charge in [-0.05, 0) is 6.92 Å². The molecule has 0 radical (unpaired) electrons. The molecule has 10 heteroatoms. The fourth-order valence-corrected chi connectivity index (χ4v) is 2.33. The minimum atomic E-state index is -0.711. The summed E-state index contributed by atoms with van der Waals surface area (Å²) in [5.74, 6) is -0.966. The van der Waals surface area contributed by atoms with E-state index in [1.54, 1.807) is 11.8 Å². The monoisotopic (exact) mass is 357 g/mol. The van der Waals surface area contributed by atoms with Crippen molar-refractivity contribution < 1.29 is 18.3 Å². The molecule has 0 saturated carbocycles. The summed E-state index contributed by atoms with van der Waals surface area (Å²) in [6, 6.07) is -0.108. The molecule has 2 aromatic rings. The average Bonchev–Trinajstić information content (AvgIpc) is 2.59. The van der Waals surface area contributed by atoms with Crippen LogP contribution in [0.15, 0.2) is 12.4 Å². The molecular formula is C14H14ClF2N5O2. The first kappa shape index (κ1) is 16.7. The lowest BCUT2D eigenvalue weighted by Gasteiger charge is -2.28. The molecular weight excluding hydrogens is 344 g/mol. The Labute approximate surface area is 141 Å². The Morgan fingerprint density at radius 2 is 1.88 bits per heavy atom. The largest absolute Gasteiger partial charge is 0.452 e. The van der Waals surface area contributed by atoms with Gasteiger partial charge in [-0.25, -0.2) is 14.4 Å². The number of rotatable bonds is 4. The molecule has 1 fully saturated rings. The molecule has 128 valence electrons. The van der Waals surface area contributed by atoms with Gasteiger partial charge in [0, 0.05) is 13.1 Å². The van der Waals surface area contributed by atoms with Gasteiger partial charge in [0.25, 0.3) is 0 Å². The van der Waals surface area contributed by atoms with E-state index in [-0.39, 0.29) is 22.8 Å². The summed E-state index contributed by atoms with van der Waals surface area (Å²) < 4.78 is 37.8. The predicted molar refractivity (Wildman–Crippen MR) is 81.1 cm³/mol. The Morgan fingerprint density at radius 3 is 2.54 bits per heavy atom. The summed E-state index contributed by atoms with van der Waals surface area (Å²) in [6.07, 6.45) is 1.39. The molecule has 24 heavy (non-hydrogen) atoms. The topological polar surface area (TPSA) is 73.3 Å². The van der Waals surface area contributed by atoms with Gasteiger partial charge in [-0.2, -0.15) is 14.4 Å². The van der Waals surface area contributed by atoms with Crippen molar-refractivity contribution in [2.45, 2.75) is 13.0 Å². The van der Waals surface area contributed by atoms with E-state index in [0.717, 1.165) is 12.4 Å². The number of halogens is 3. The Balaban J connectivity index is 1.82. The zero-order chi connectivity index (χ0) is 17.1. The van der Waals surface area contributed by atoms with Crippen LogP contribution in [0.5, 0.6) is 6.01 Å². The summed E-state index contributed by atoms with van der Waals surface area (Å²) in [4.78, 5) is 17.2. The van der Waals surface area contributed by atoms with Gasteiger partial charge in [0.15, 0.2) is 28.7 Å². The summed E-state index contributed by atoms with van der Waals surface area (Å²) in [6.45, 7) is 3.55. The Hall–Kier alpha value is -2.13. The highest BCUT2D eigenvalue weighted by molar-refractivity contribution is 6.29. The van der Waals surface area contributed by atoms with Gasteiger partial charge in [-0.15, -0.1) is 0 Å². The molecule has 0 spiro atoms. The van der Waals surface area contributed by atoms with Crippen molar-refractivity contribution in [3.8, 4) is 6.01 Å². The van der Waals surface area contributed by atoms with E-state index in [2.05, 4.69) is 19.9 Å². The first-order valence-electron chi connectivity index (χ1n) is 7.24. The maximum atomic E-state index is 14.2. The molecule has 2 aromatic heterocycles. The Morgan fingerprint density at radius 1 is 1.21 bits per heavy atom. The highest BCUT2D eigenvalue weighted by atomic mass is 35.5. The standard InChI is InChI=1S/C14H14ClF2N5O2/c1-8(12-18-6-9(16)7-19-12)24-14-20-11(15)10(17)13(21-14)22-2-4-23-5-3-22/h6-8H,2-5H2,1H3/t8-/m0/s1. The molecule has 3 rings (SSSR count). The van der Waals surface area contributed by atoms with Crippen LogP contribution in [0, 0.1) is 11.6 Å². The normalized spacial score (nSPS) is 16.1.